The molecule has 0 radical (unpaired) electrons. The fraction of sp³-hybridized carbons (Fsp3) is 0.0417. The molecule has 0 unspecified atom stereocenters. The number of para-hydroxylation sites is 1. The van der Waals surface area contributed by atoms with E-state index in [0.29, 0.717) is 0 Å². The maximum atomic E-state index is 12.2. The Morgan fingerprint density at radius 3 is 2.00 bits per heavy atom. The molecule has 3 aromatic carbocycles. The van der Waals surface area contributed by atoms with Crippen LogP contribution in [0.15, 0.2) is 97.1 Å². The summed E-state index contributed by atoms with van der Waals surface area (Å²) in [4.78, 5) is 12.2. The van der Waals surface area contributed by atoms with Crippen LogP contribution >= 0.6 is 0 Å². The van der Waals surface area contributed by atoms with Gasteiger partial charge in [-0.1, -0.05) is 91.0 Å². The minimum atomic E-state index is -0.131. The van der Waals surface area contributed by atoms with E-state index >= 15 is 0 Å². The van der Waals surface area contributed by atoms with Gasteiger partial charge in [0, 0.05) is 11.8 Å². The van der Waals surface area contributed by atoms with Gasteiger partial charge in [-0.05, 0) is 35.3 Å². The van der Waals surface area contributed by atoms with Crippen LogP contribution in [0.4, 0.5) is 5.69 Å². The Kier molecular flexibility index (Phi) is 6.16. The second-order valence-electron chi connectivity index (χ2n) is 5.91. The molecule has 128 valence electrons. The lowest BCUT2D eigenvalue weighted by Gasteiger charge is -2.08. The highest BCUT2D eigenvalue weighted by atomic mass is 16.1. The summed E-state index contributed by atoms with van der Waals surface area (Å²) < 4.78 is 0. The molecule has 0 bridgehead atoms. The second kappa shape index (κ2) is 9.19. The van der Waals surface area contributed by atoms with Gasteiger partial charge in [0.2, 0.25) is 5.91 Å². The van der Waals surface area contributed by atoms with Crippen LogP contribution in [0.2, 0.25) is 0 Å². The molecule has 0 saturated heterocycles. The third-order valence-electron chi connectivity index (χ3n) is 3.95. The highest BCUT2D eigenvalue weighted by molar-refractivity contribution is 6.02. The number of allylic oxidation sites excluding steroid dienone is 1. The predicted molar refractivity (Wildman–Crippen MR) is 110 cm³/mol. The zero-order chi connectivity index (χ0) is 18.0. The number of carbonyl (C=O) groups is 1. The van der Waals surface area contributed by atoms with Gasteiger partial charge in [-0.3, -0.25) is 4.79 Å². The zero-order valence-corrected chi connectivity index (χ0v) is 14.5. The van der Waals surface area contributed by atoms with Gasteiger partial charge in [-0.25, -0.2) is 0 Å². The lowest BCUT2D eigenvalue weighted by Crippen LogP contribution is -2.09. The van der Waals surface area contributed by atoms with Crippen molar-refractivity contribution in [1.29, 1.82) is 0 Å². The van der Waals surface area contributed by atoms with Gasteiger partial charge in [0.05, 0.1) is 0 Å². The first-order valence-corrected chi connectivity index (χ1v) is 8.65. The molecule has 3 rings (SSSR count). The van der Waals surface area contributed by atoms with Crippen molar-refractivity contribution in [2.45, 2.75) is 6.42 Å². The van der Waals surface area contributed by atoms with Gasteiger partial charge in [0.15, 0.2) is 0 Å². The van der Waals surface area contributed by atoms with Crippen LogP contribution in [0.3, 0.4) is 0 Å². The Balaban J connectivity index is 1.64. The van der Waals surface area contributed by atoms with Crippen molar-refractivity contribution in [1.82, 2.24) is 0 Å². The smallest absolute Gasteiger partial charge is 0.248 e. The van der Waals surface area contributed by atoms with Crippen molar-refractivity contribution in [3.05, 3.63) is 114 Å². The van der Waals surface area contributed by atoms with Crippen LogP contribution in [0.5, 0.6) is 0 Å². The van der Waals surface area contributed by atoms with E-state index in [-0.39, 0.29) is 5.91 Å². The number of hydrogen-bond donors (Lipinski definition) is 1. The second-order valence-corrected chi connectivity index (χ2v) is 5.91. The summed E-state index contributed by atoms with van der Waals surface area (Å²) in [7, 11) is 0. The summed E-state index contributed by atoms with van der Waals surface area (Å²) in [5.41, 5.74) is 4.09. The van der Waals surface area contributed by atoms with Crippen LogP contribution in [0.1, 0.15) is 16.7 Å². The molecular formula is C24H21NO. The minimum absolute atomic E-state index is 0.131. The molecule has 3 aromatic rings. The van der Waals surface area contributed by atoms with Crippen molar-refractivity contribution in [3.63, 3.8) is 0 Å². The standard InChI is InChI=1S/C24H21NO/c26-24(19-18-21-12-5-2-6-13-21)25-23-17-8-7-15-22(23)16-9-14-20-10-3-1-4-11-20/h1-15,17-19H,16H2,(H,25,26)/b14-9+,19-18+. The van der Waals surface area contributed by atoms with Crippen molar-refractivity contribution in [3.8, 4) is 0 Å². The molecule has 26 heavy (non-hydrogen) atoms. The zero-order valence-electron chi connectivity index (χ0n) is 14.5. The molecule has 1 amide bonds. The molecule has 0 aromatic heterocycles. The number of nitrogens with one attached hydrogen (secondary N) is 1. The Morgan fingerprint density at radius 2 is 1.31 bits per heavy atom. The Bertz CT molecular complexity index is 896. The van der Waals surface area contributed by atoms with Gasteiger partial charge < -0.3 is 5.32 Å². The molecule has 0 spiro atoms. The largest absolute Gasteiger partial charge is 0.322 e. The first-order chi connectivity index (χ1) is 12.8. The van der Waals surface area contributed by atoms with E-state index in [1.807, 2.05) is 78.9 Å². The SMILES string of the molecule is O=C(/C=C/c1ccccc1)Nc1ccccc1C/C=C/c1ccccc1. The van der Waals surface area contributed by atoms with Crippen molar-refractivity contribution >= 4 is 23.7 Å². The molecule has 0 aliphatic rings. The van der Waals surface area contributed by atoms with E-state index in [2.05, 4.69) is 29.6 Å². The molecule has 2 heteroatoms. The summed E-state index contributed by atoms with van der Waals surface area (Å²) in [6, 6.07) is 27.8. The van der Waals surface area contributed by atoms with Gasteiger partial charge in [-0.15, -0.1) is 0 Å². The van der Waals surface area contributed by atoms with Crippen LogP contribution < -0.4 is 5.32 Å². The third kappa shape index (κ3) is 5.32. The molecular weight excluding hydrogens is 318 g/mol. The van der Waals surface area contributed by atoms with Gasteiger partial charge >= 0.3 is 0 Å². The lowest BCUT2D eigenvalue weighted by atomic mass is 10.1. The van der Waals surface area contributed by atoms with E-state index in [1.54, 1.807) is 6.08 Å². The number of amides is 1. The van der Waals surface area contributed by atoms with Crippen molar-refractivity contribution in [2.75, 3.05) is 5.32 Å². The third-order valence-corrected chi connectivity index (χ3v) is 3.95. The Labute approximate surface area is 154 Å². The molecule has 1 N–H and O–H groups in total. The predicted octanol–water partition coefficient (Wildman–Crippen LogP) is 5.59. The number of benzene rings is 3. The Morgan fingerprint density at radius 1 is 0.731 bits per heavy atom. The van der Waals surface area contributed by atoms with Gasteiger partial charge in [-0.2, -0.15) is 0 Å². The molecule has 2 nitrogen and oxygen atoms in total. The molecule has 0 saturated carbocycles. The number of anilines is 1. The van der Waals surface area contributed by atoms with Gasteiger partial charge in [0.1, 0.15) is 0 Å². The van der Waals surface area contributed by atoms with Crippen LogP contribution in [-0.2, 0) is 11.2 Å². The number of carbonyl (C=O) groups excluding carboxylic acids is 1. The molecule has 0 aliphatic carbocycles. The van der Waals surface area contributed by atoms with Crippen molar-refractivity contribution in [2.24, 2.45) is 0 Å². The maximum absolute atomic E-state index is 12.2. The van der Waals surface area contributed by atoms with E-state index in [9.17, 15) is 4.79 Å². The summed E-state index contributed by atoms with van der Waals surface area (Å²) in [5.74, 6) is -0.131. The number of hydrogen-bond acceptors (Lipinski definition) is 1. The summed E-state index contributed by atoms with van der Waals surface area (Å²) in [5, 5.41) is 2.97. The number of rotatable bonds is 6. The minimum Gasteiger partial charge on any atom is -0.322 e. The van der Waals surface area contributed by atoms with E-state index in [0.717, 1.165) is 23.2 Å². The average Bonchev–Trinajstić information content (AvgIpc) is 2.69. The highest BCUT2D eigenvalue weighted by Gasteiger charge is 2.03. The summed E-state index contributed by atoms with van der Waals surface area (Å²) in [6.07, 6.45) is 8.33. The normalized spacial score (nSPS) is 11.1. The average molecular weight is 339 g/mol. The molecule has 0 fully saturated rings. The van der Waals surface area contributed by atoms with E-state index < -0.39 is 0 Å². The molecule has 0 heterocycles. The Hall–Kier alpha value is -3.39. The highest BCUT2D eigenvalue weighted by Crippen LogP contribution is 2.17. The van der Waals surface area contributed by atoms with Crippen LogP contribution in [0.25, 0.3) is 12.2 Å². The fourth-order valence-electron chi connectivity index (χ4n) is 2.62. The maximum Gasteiger partial charge on any atom is 0.248 e. The van der Waals surface area contributed by atoms with Crippen molar-refractivity contribution < 1.29 is 4.79 Å². The molecule has 0 atom stereocenters. The lowest BCUT2D eigenvalue weighted by molar-refractivity contribution is -0.111. The van der Waals surface area contributed by atoms with Crippen LogP contribution in [-0.4, -0.2) is 5.91 Å². The fourth-order valence-corrected chi connectivity index (χ4v) is 2.62. The van der Waals surface area contributed by atoms with Crippen LogP contribution in [0, 0.1) is 0 Å². The summed E-state index contributed by atoms with van der Waals surface area (Å²) >= 11 is 0. The molecule has 0 aliphatic heterocycles. The summed E-state index contributed by atoms with van der Waals surface area (Å²) in [6.45, 7) is 0. The van der Waals surface area contributed by atoms with E-state index in [1.165, 1.54) is 5.56 Å². The van der Waals surface area contributed by atoms with E-state index in [4.69, 9.17) is 0 Å². The quantitative estimate of drug-likeness (QED) is 0.582. The first kappa shape index (κ1) is 17.4. The monoisotopic (exact) mass is 339 g/mol. The topological polar surface area (TPSA) is 29.1 Å². The first-order valence-electron chi connectivity index (χ1n) is 8.65. The van der Waals surface area contributed by atoms with Gasteiger partial charge in [0.25, 0.3) is 0 Å².